The van der Waals surface area contributed by atoms with Crippen LogP contribution in [0.15, 0.2) is 66.9 Å². The second-order valence-corrected chi connectivity index (χ2v) is 8.08. The summed E-state index contributed by atoms with van der Waals surface area (Å²) in [6.07, 6.45) is 1.57. The highest BCUT2D eigenvalue weighted by molar-refractivity contribution is 5.99. The fourth-order valence-electron chi connectivity index (χ4n) is 3.81. The predicted molar refractivity (Wildman–Crippen MR) is 125 cm³/mol. The van der Waals surface area contributed by atoms with Crippen LogP contribution in [-0.2, 0) is 13.1 Å². The summed E-state index contributed by atoms with van der Waals surface area (Å²) in [6, 6.07) is 18.6. The largest absolute Gasteiger partial charge is 0.323 e. The van der Waals surface area contributed by atoms with Gasteiger partial charge in [-0.05, 0) is 30.7 Å². The average Bonchev–Trinajstić information content (AvgIpc) is 2.80. The monoisotopic (exact) mass is 433 g/mol. The van der Waals surface area contributed by atoms with Gasteiger partial charge in [0.1, 0.15) is 0 Å². The summed E-state index contributed by atoms with van der Waals surface area (Å²) in [6.45, 7) is 6.98. The lowest BCUT2D eigenvalue weighted by molar-refractivity contribution is 0.121. The number of aryl methyl sites for hydroxylation is 1. The van der Waals surface area contributed by atoms with Crippen molar-refractivity contribution in [3.63, 3.8) is 0 Å². The number of carbonyl (C=O) groups is 1. The standard InChI is InChI=1S/C25H28FN5O/c1-19-10-11-22(16-27-19)28-25(32)29-23-9-5-8-21(24(23)26)18-31-14-12-30(13-15-31)17-20-6-3-2-4-7-20/h2-11,16H,12-15,17-18H2,1H3,(H2,28,29,32). The first-order valence-corrected chi connectivity index (χ1v) is 10.8. The van der Waals surface area contributed by atoms with E-state index in [1.54, 1.807) is 36.5 Å². The molecule has 1 aromatic heterocycles. The third-order valence-corrected chi connectivity index (χ3v) is 5.60. The molecular formula is C25H28FN5O. The molecule has 166 valence electrons. The molecule has 7 heteroatoms. The van der Waals surface area contributed by atoms with E-state index in [9.17, 15) is 4.79 Å². The number of anilines is 2. The van der Waals surface area contributed by atoms with E-state index in [1.807, 2.05) is 13.0 Å². The van der Waals surface area contributed by atoms with Gasteiger partial charge in [0.15, 0.2) is 5.82 Å². The number of pyridine rings is 1. The van der Waals surface area contributed by atoms with Gasteiger partial charge in [0.25, 0.3) is 0 Å². The summed E-state index contributed by atoms with van der Waals surface area (Å²) in [7, 11) is 0. The summed E-state index contributed by atoms with van der Waals surface area (Å²) in [5.74, 6) is -0.392. The number of rotatable bonds is 6. The molecule has 1 saturated heterocycles. The van der Waals surface area contributed by atoms with Crippen molar-refractivity contribution >= 4 is 17.4 Å². The molecule has 1 aliphatic heterocycles. The quantitative estimate of drug-likeness (QED) is 0.601. The molecule has 6 nitrogen and oxygen atoms in total. The normalized spacial score (nSPS) is 14.8. The van der Waals surface area contributed by atoms with E-state index >= 15 is 4.39 Å². The Hall–Kier alpha value is -3.29. The molecule has 32 heavy (non-hydrogen) atoms. The van der Waals surface area contributed by atoms with Crippen LogP contribution in [0.3, 0.4) is 0 Å². The minimum atomic E-state index is -0.499. The van der Waals surface area contributed by atoms with Gasteiger partial charge in [0.05, 0.1) is 17.6 Å². The van der Waals surface area contributed by atoms with Crippen molar-refractivity contribution in [2.45, 2.75) is 20.0 Å². The maximum atomic E-state index is 15.1. The summed E-state index contributed by atoms with van der Waals surface area (Å²) in [5, 5.41) is 5.28. The third-order valence-electron chi connectivity index (χ3n) is 5.60. The van der Waals surface area contributed by atoms with Crippen molar-refractivity contribution < 1.29 is 9.18 Å². The average molecular weight is 434 g/mol. The van der Waals surface area contributed by atoms with E-state index < -0.39 is 11.8 Å². The molecule has 0 atom stereocenters. The summed E-state index contributed by atoms with van der Waals surface area (Å²) in [5.41, 5.74) is 3.47. The maximum absolute atomic E-state index is 15.1. The van der Waals surface area contributed by atoms with Crippen molar-refractivity contribution in [3.05, 3.63) is 89.5 Å². The van der Waals surface area contributed by atoms with Crippen LogP contribution in [0.4, 0.5) is 20.6 Å². The first-order valence-electron chi connectivity index (χ1n) is 10.8. The van der Waals surface area contributed by atoms with Crippen LogP contribution in [0, 0.1) is 12.7 Å². The Bertz CT molecular complexity index is 1030. The predicted octanol–water partition coefficient (Wildman–Crippen LogP) is 4.49. The van der Waals surface area contributed by atoms with E-state index in [0.717, 1.165) is 38.4 Å². The zero-order chi connectivity index (χ0) is 22.3. The first kappa shape index (κ1) is 21.9. The van der Waals surface area contributed by atoms with Gasteiger partial charge in [-0.3, -0.25) is 14.8 Å². The molecular weight excluding hydrogens is 405 g/mol. The van der Waals surface area contributed by atoms with Gasteiger partial charge in [-0.2, -0.15) is 0 Å². The van der Waals surface area contributed by atoms with Crippen molar-refractivity contribution in [3.8, 4) is 0 Å². The Kier molecular flexibility index (Phi) is 7.09. The fraction of sp³-hybridized carbons (Fsp3) is 0.280. The van der Waals surface area contributed by atoms with Crippen LogP contribution in [0.25, 0.3) is 0 Å². The van der Waals surface area contributed by atoms with Crippen LogP contribution in [-0.4, -0.2) is 47.0 Å². The van der Waals surface area contributed by atoms with E-state index in [1.165, 1.54) is 5.56 Å². The van der Waals surface area contributed by atoms with Crippen LogP contribution < -0.4 is 10.6 Å². The van der Waals surface area contributed by atoms with Crippen LogP contribution in [0.2, 0.25) is 0 Å². The van der Waals surface area contributed by atoms with Crippen molar-refractivity contribution in [1.82, 2.24) is 14.8 Å². The second-order valence-electron chi connectivity index (χ2n) is 8.08. The van der Waals surface area contributed by atoms with Gasteiger partial charge < -0.3 is 10.6 Å². The molecule has 0 unspecified atom stereocenters. The fourth-order valence-corrected chi connectivity index (χ4v) is 3.81. The Labute approximate surface area is 188 Å². The van der Waals surface area contributed by atoms with Gasteiger partial charge in [0.2, 0.25) is 0 Å². The number of benzene rings is 2. The van der Waals surface area contributed by atoms with Gasteiger partial charge in [0, 0.05) is 50.5 Å². The number of halogens is 1. The van der Waals surface area contributed by atoms with E-state index in [2.05, 4.69) is 49.7 Å². The number of aromatic nitrogens is 1. The van der Waals surface area contributed by atoms with Crippen LogP contribution in [0.5, 0.6) is 0 Å². The van der Waals surface area contributed by atoms with Crippen LogP contribution in [0.1, 0.15) is 16.8 Å². The van der Waals surface area contributed by atoms with Crippen LogP contribution >= 0.6 is 0 Å². The second kappa shape index (κ2) is 10.3. The summed E-state index contributed by atoms with van der Waals surface area (Å²) >= 11 is 0. The lowest BCUT2D eigenvalue weighted by Crippen LogP contribution is -2.45. The SMILES string of the molecule is Cc1ccc(NC(=O)Nc2cccc(CN3CCN(Cc4ccccc4)CC3)c2F)cn1. The number of piperazine rings is 1. The molecule has 0 bridgehead atoms. The minimum absolute atomic E-state index is 0.169. The molecule has 0 radical (unpaired) electrons. The number of urea groups is 1. The van der Waals surface area contributed by atoms with Gasteiger partial charge in [-0.15, -0.1) is 0 Å². The summed E-state index contributed by atoms with van der Waals surface area (Å²) in [4.78, 5) is 21.1. The topological polar surface area (TPSA) is 60.5 Å². The number of nitrogens with one attached hydrogen (secondary N) is 2. The molecule has 0 aliphatic carbocycles. The molecule has 1 aliphatic rings. The van der Waals surface area contributed by atoms with Crippen molar-refractivity contribution in [2.24, 2.45) is 0 Å². The Morgan fingerprint density at radius 1 is 0.906 bits per heavy atom. The lowest BCUT2D eigenvalue weighted by Gasteiger charge is -2.34. The molecule has 2 heterocycles. The molecule has 2 amide bonds. The third kappa shape index (κ3) is 5.90. The van der Waals surface area contributed by atoms with Gasteiger partial charge in [-0.25, -0.2) is 9.18 Å². The zero-order valence-electron chi connectivity index (χ0n) is 18.2. The van der Waals surface area contributed by atoms with Crippen molar-refractivity contribution in [1.29, 1.82) is 0 Å². The van der Waals surface area contributed by atoms with Gasteiger partial charge in [-0.1, -0.05) is 42.5 Å². The van der Waals surface area contributed by atoms with Crippen molar-refractivity contribution in [2.75, 3.05) is 36.8 Å². The molecule has 2 aromatic carbocycles. The maximum Gasteiger partial charge on any atom is 0.323 e. The highest BCUT2D eigenvalue weighted by Gasteiger charge is 2.19. The Morgan fingerprint density at radius 3 is 2.31 bits per heavy atom. The van der Waals surface area contributed by atoms with Gasteiger partial charge >= 0.3 is 6.03 Å². The van der Waals surface area contributed by atoms with E-state index in [-0.39, 0.29) is 5.69 Å². The first-order chi connectivity index (χ1) is 15.6. The zero-order valence-corrected chi connectivity index (χ0v) is 18.2. The molecule has 0 spiro atoms. The van der Waals surface area contributed by atoms with E-state index in [0.29, 0.717) is 17.8 Å². The summed E-state index contributed by atoms with van der Waals surface area (Å²) < 4.78 is 15.1. The highest BCUT2D eigenvalue weighted by Crippen LogP contribution is 2.21. The lowest BCUT2D eigenvalue weighted by atomic mass is 10.1. The smallest absolute Gasteiger partial charge is 0.306 e. The number of hydrogen-bond donors (Lipinski definition) is 2. The molecule has 4 rings (SSSR count). The number of nitrogens with zero attached hydrogens (tertiary/aromatic N) is 3. The number of amides is 2. The molecule has 1 fully saturated rings. The number of carbonyl (C=O) groups excluding carboxylic acids is 1. The molecule has 3 aromatic rings. The molecule has 2 N–H and O–H groups in total. The number of hydrogen-bond acceptors (Lipinski definition) is 4. The molecule has 0 saturated carbocycles. The minimum Gasteiger partial charge on any atom is -0.306 e. The Balaban J connectivity index is 1.30. The van der Waals surface area contributed by atoms with E-state index in [4.69, 9.17) is 0 Å². The Morgan fingerprint density at radius 2 is 1.62 bits per heavy atom. The highest BCUT2D eigenvalue weighted by atomic mass is 19.1.